The fourth-order valence-corrected chi connectivity index (χ4v) is 5.44. The van der Waals surface area contributed by atoms with Crippen LogP contribution < -0.4 is 5.32 Å². The largest absolute Gasteiger partial charge is 0.300 e. The molecule has 5 atom stereocenters. The van der Waals surface area contributed by atoms with Crippen LogP contribution in [0.4, 0.5) is 5.13 Å². The number of fused-ring (bicyclic) bond motifs is 5. The van der Waals surface area contributed by atoms with Gasteiger partial charge in [0.05, 0.1) is 24.3 Å². The lowest BCUT2D eigenvalue weighted by atomic mass is 9.85. The number of halogens is 1. The first kappa shape index (κ1) is 18.4. The summed E-state index contributed by atoms with van der Waals surface area (Å²) in [4.78, 5) is 40.5. The van der Waals surface area contributed by atoms with Crippen LogP contribution in [-0.4, -0.2) is 32.8 Å². The Morgan fingerprint density at radius 3 is 2.41 bits per heavy atom. The van der Waals surface area contributed by atoms with Gasteiger partial charge in [-0.05, 0) is 36.0 Å². The number of hydrogen-bond acceptors (Lipinski definition) is 6. The number of nitrogens with zero attached hydrogens (tertiary/aromatic N) is 3. The van der Waals surface area contributed by atoms with Crippen molar-refractivity contribution >= 4 is 45.8 Å². The normalized spacial score (nSPS) is 28.1. The molecule has 5 unspecified atom stereocenters. The Morgan fingerprint density at radius 1 is 1.17 bits per heavy atom. The van der Waals surface area contributed by atoms with Crippen molar-refractivity contribution < 1.29 is 14.4 Å². The number of likely N-dealkylation sites (tertiary alicyclic amines) is 1. The molecule has 1 aromatic heterocycles. The summed E-state index contributed by atoms with van der Waals surface area (Å²) in [7, 11) is 0. The molecule has 9 heteroatoms. The van der Waals surface area contributed by atoms with Gasteiger partial charge in [0.1, 0.15) is 5.51 Å². The number of anilines is 1. The van der Waals surface area contributed by atoms with Crippen LogP contribution in [0.5, 0.6) is 0 Å². The highest BCUT2D eigenvalue weighted by Crippen LogP contribution is 2.54. The molecule has 1 aliphatic heterocycles. The zero-order valence-electron chi connectivity index (χ0n) is 15.2. The van der Waals surface area contributed by atoms with E-state index in [2.05, 4.69) is 27.7 Å². The number of rotatable bonds is 5. The molecule has 0 spiro atoms. The van der Waals surface area contributed by atoms with Crippen LogP contribution in [0, 0.1) is 23.7 Å². The zero-order chi connectivity index (χ0) is 20.1. The van der Waals surface area contributed by atoms with Gasteiger partial charge >= 0.3 is 0 Å². The van der Waals surface area contributed by atoms with E-state index in [1.54, 1.807) is 24.3 Å². The number of imide groups is 1. The summed E-state index contributed by atoms with van der Waals surface area (Å²) < 4.78 is 0. The van der Waals surface area contributed by atoms with Gasteiger partial charge in [-0.1, -0.05) is 47.2 Å². The number of carbonyl (C=O) groups is 3. The minimum Gasteiger partial charge on any atom is -0.300 e. The summed E-state index contributed by atoms with van der Waals surface area (Å²) in [6.45, 7) is 0. The van der Waals surface area contributed by atoms with Gasteiger partial charge in [0.25, 0.3) is 0 Å². The fraction of sp³-hybridized carbons (Fsp3) is 0.350. The molecule has 1 N–H and O–H groups in total. The van der Waals surface area contributed by atoms with Crippen molar-refractivity contribution in [1.29, 1.82) is 0 Å². The van der Waals surface area contributed by atoms with Crippen molar-refractivity contribution in [2.45, 2.75) is 18.9 Å². The molecule has 2 aromatic rings. The summed E-state index contributed by atoms with van der Waals surface area (Å²) >= 11 is 7.21. The Balaban J connectivity index is 1.45. The molecular formula is C20H17ClN4O3S. The minimum atomic E-state index is -0.690. The van der Waals surface area contributed by atoms with E-state index in [1.807, 2.05) is 0 Å². The van der Waals surface area contributed by atoms with Crippen LogP contribution in [0.3, 0.4) is 0 Å². The lowest BCUT2D eigenvalue weighted by Gasteiger charge is -2.28. The Labute approximate surface area is 175 Å². The number of aromatic nitrogens is 2. The molecule has 1 saturated carbocycles. The first-order chi connectivity index (χ1) is 14.0. The van der Waals surface area contributed by atoms with Crippen LogP contribution in [0.15, 0.2) is 41.9 Å². The predicted octanol–water partition coefficient (Wildman–Crippen LogP) is 3.07. The molecule has 2 bridgehead atoms. The van der Waals surface area contributed by atoms with Crippen LogP contribution in [0.25, 0.3) is 0 Å². The van der Waals surface area contributed by atoms with Crippen LogP contribution in [0.2, 0.25) is 5.02 Å². The quantitative estimate of drug-likeness (QED) is 0.583. The molecule has 29 heavy (non-hydrogen) atoms. The highest BCUT2D eigenvalue weighted by Gasteiger charge is 2.60. The number of carbonyl (C=O) groups excluding carboxylic acids is 3. The smallest absolute Gasteiger partial charge is 0.234 e. The maximum absolute atomic E-state index is 13.3. The predicted molar refractivity (Wildman–Crippen MR) is 107 cm³/mol. The topological polar surface area (TPSA) is 92.3 Å². The van der Waals surface area contributed by atoms with Crippen molar-refractivity contribution in [3.8, 4) is 0 Å². The summed E-state index contributed by atoms with van der Waals surface area (Å²) in [5, 5.41) is 11.1. The molecule has 2 aliphatic carbocycles. The van der Waals surface area contributed by atoms with Gasteiger partial charge in [0, 0.05) is 5.02 Å². The number of benzene rings is 1. The molecule has 7 nitrogen and oxygen atoms in total. The van der Waals surface area contributed by atoms with E-state index in [4.69, 9.17) is 11.6 Å². The van der Waals surface area contributed by atoms with Gasteiger partial charge in [0.2, 0.25) is 22.9 Å². The lowest BCUT2D eigenvalue weighted by Crippen LogP contribution is -2.38. The average molecular weight is 429 g/mol. The van der Waals surface area contributed by atoms with E-state index in [0.29, 0.717) is 15.7 Å². The molecule has 1 saturated heterocycles. The minimum absolute atomic E-state index is 0.0547. The second kappa shape index (κ2) is 7.03. The van der Waals surface area contributed by atoms with Crippen molar-refractivity contribution in [2.24, 2.45) is 23.7 Å². The van der Waals surface area contributed by atoms with Gasteiger partial charge in [-0.25, -0.2) is 0 Å². The molecule has 2 heterocycles. The number of amides is 3. The van der Waals surface area contributed by atoms with E-state index in [1.165, 1.54) is 21.7 Å². The standard InChI is InChI=1S/C20H17ClN4O3S/c21-13-5-3-10(4-6-13)14(8-15(26)23-20-24-22-9-29-20)25-18(27)16-11-1-2-12(7-11)17(16)19(25)28/h1-6,9,11-12,14,16-17H,7-8H2,(H,23,24,26). The number of allylic oxidation sites excluding steroid dienone is 2. The van der Waals surface area contributed by atoms with Gasteiger partial charge in [-0.3, -0.25) is 19.3 Å². The Bertz CT molecular complexity index is 977. The fourth-order valence-electron chi connectivity index (χ4n) is 4.85. The average Bonchev–Trinajstić information content (AvgIpc) is 3.47. The SMILES string of the molecule is O=C(CC(c1ccc(Cl)cc1)N1C(=O)C2C3C=CC(C3)C2C1=O)Nc1nncs1. The molecule has 1 aromatic carbocycles. The van der Waals surface area contributed by atoms with Gasteiger partial charge < -0.3 is 5.32 Å². The summed E-state index contributed by atoms with van der Waals surface area (Å²) in [6.07, 6.45) is 4.92. The maximum Gasteiger partial charge on any atom is 0.234 e. The van der Waals surface area contributed by atoms with Crippen molar-refractivity contribution in [2.75, 3.05) is 5.32 Å². The maximum atomic E-state index is 13.3. The molecule has 3 amide bonds. The van der Waals surface area contributed by atoms with Crippen LogP contribution >= 0.6 is 22.9 Å². The Kier molecular flexibility index (Phi) is 4.48. The highest BCUT2D eigenvalue weighted by molar-refractivity contribution is 7.13. The monoisotopic (exact) mass is 428 g/mol. The highest BCUT2D eigenvalue weighted by atomic mass is 35.5. The van der Waals surface area contributed by atoms with Crippen LogP contribution in [0.1, 0.15) is 24.4 Å². The van der Waals surface area contributed by atoms with Gasteiger partial charge in [-0.2, -0.15) is 0 Å². The Hall–Kier alpha value is -2.58. The molecule has 148 valence electrons. The third kappa shape index (κ3) is 3.07. The summed E-state index contributed by atoms with van der Waals surface area (Å²) in [5.74, 6) is -1.07. The van der Waals surface area contributed by atoms with Crippen molar-refractivity contribution in [3.63, 3.8) is 0 Å². The van der Waals surface area contributed by atoms with E-state index < -0.39 is 6.04 Å². The van der Waals surface area contributed by atoms with E-state index >= 15 is 0 Å². The van der Waals surface area contributed by atoms with Crippen molar-refractivity contribution in [1.82, 2.24) is 15.1 Å². The Morgan fingerprint density at radius 2 is 1.83 bits per heavy atom. The van der Waals surface area contributed by atoms with Crippen molar-refractivity contribution in [3.05, 3.63) is 52.5 Å². The lowest BCUT2D eigenvalue weighted by molar-refractivity contribution is -0.144. The van der Waals surface area contributed by atoms with Crippen LogP contribution in [-0.2, 0) is 14.4 Å². The zero-order valence-corrected chi connectivity index (χ0v) is 16.8. The first-order valence-corrected chi connectivity index (χ1v) is 10.7. The third-order valence-electron chi connectivity index (χ3n) is 6.06. The van der Waals surface area contributed by atoms with E-state index in [0.717, 1.165) is 6.42 Å². The molecule has 0 radical (unpaired) electrons. The number of nitrogens with one attached hydrogen (secondary N) is 1. The number of hydrogen-bond donors (Lipinski definition) is 1. The van der Waals surface area contributed by atoms with Gasteiger partial charge in [-0.15, -0.1) is 10.2 Å². The molecule has 2 fully saturated rings. The van der Waals surface area contributed by atoms with E-state index in [-0.39, 0.29) is 47.8 Å². The van der Waals surface area contributed by atoms with E-state index in [9.17, 15) is 14.4 Å². The van der Waals surface area contributed by atoms with Gasteiger partial charge in [0.15, 0.2) is 0 Å². The summed E-state index contributed by atoms with van der Waals surface area (Å²) in [6, 6.07) is 6.22. The second-order valence-electron chi connectivity index (χ2n) is 7.61. The second-order valence-corrected chi connectivity index (χ2v) is 8.88. The molecule has 3 aliphatic rings. The molecular weight excluding hydrogens is 412 g/mol. The first-order valence-electron chi connectivity index (χ1n) is 9.39. The molecule has 5 rings (SSSR count). The summed E-state index contributed by atoms with van der Waals surface area (Å²) in [5.41, 5.74) is 2.22. The third-order valence-corrected chi connectivity index (χ3v) is 6.91.